The second-order valence-electron chi connectivity index (χ2n) is 10.6. The van der Waals surface area contributed by atoms with Gasteiger partial charge in [-0.25, -0.2) is 9.79 Å². The Morgan fingerprint density at radius 2 is 1.74 bits per heavy atom. The van der Waals surface area contributed by atoms with Gasteiger partial charge in [-0.05, 0) is 54.6 Å². The van der Waals surface area contributed by atoms with E-state index in [9.17, 15) is 14.4 Å². The van der Waals surface area contributed by atoms with Crippen LogP contribution in [0.5, 0.6) is 5.75 Å². The fourth-order valence-electron chi connectivity index (χ4n) is 5.40. The van der Waals surface area contributed by atoms with Crippen LogP contribution in [-0.4, -0.2) is 67.1 Å². The zero-order valence-corrected chi connectivity index (χ0v) is 27.1. The number of ether oxygens (including phenoxy) is 3. The van der Waals surface area contributed by atoms with E-state index >= 15 is 0 Å². The first-order valence-corrected chi connectivity index (χ1v) is 17.0. The molecule has 0 saturated carbocycles. The van der Waals surface area contributed by atoms with Crippen LogP contribution in [0.15, 0.2) is 99.1 Å². The lowest BCUT2D eigenvalue weighted by molar-refractivity contribution is -0.139. The molecule has 11 heteroatoms. The van der Waals surface area contributed by atoms with E-state index < -0.39 is 12.0 Å². The zero-order chi connectivity index (χ0) is 32.0. The number of nitrogens with zero attached hydrogens (tertiary/aromatic N) is 3. The van der Waals surface area contributed by atoms with Crippen molar-refractivity contribution in [1.82, 2.24) is 9.47 Å². The highest BCUT2D eigenvalue weighted by molar-refractivity contribution is 7.98. The third-order valence-electron chi connectivity index (χ3n) is 7.71. The second-order valence-corrected chi connectivity index (χ2v) is 12.4. The van der Waals surface area contributed by atoms with Gasteiger partial charge in [0.15, 0.2) is 11.4 Å². The normalized spacial score (nSPS) is 16.5. The third-order valence-corrected chi connectivity index (χ3v) is 9.44. The van der Waals surface area contributed by atoms with Crippen LogP contribution < -0.4 is 19.6 Å². The second kappa shape index (κ2) is 14.3. The smallest absolute Gasteiger partial charge is 0.338 e. The number of thiazole rings is 1. The van der Waals surface area contributed by atoms with Crippen molar-refractivity contribution in [3.63, 3.8) is 0 Å². The van der Waals surface area contributed by atoms with Crippen LogP contribution in [0.2, 0.25) is 0 Å². The summed E-state index contributed by atoms with van der Waals surface area (Å²) in [6, 6.07) is 23.9. The molecule has 0 spiro atoms. The summed E-state index contributed by atoms with van der Waals surface area (Å²) in [5.41, 5.74) is 2.87. The Morgan fingerprint density at radius 3 is 2.41 bits per heavy atom. The van der Waals surface area contributed by atoms with Gasteiger partial charge in [0.25, 0.3) is 11.5 Å². The molecule has 236 valence electrons. The van der Waals surface area contributed by atoms with Crippen LogP contribution in [-0.2, 0) is 19.1 Å². The molecule has 3 aromatic carbocycles. The Hall–Kier alpha value is -4.45. The maximum Gasteiger partial charge on any atom is 0.338 e. The number of hydrogen-bond donors (Lipinski definition) is 0. The van der Waals surface area contributed by atoms with Gasteiger partial charge >= 0.3 is 5.97 Å². The largest absolute Gasteiger partial charge is 0.484 e. The van der Waals surface area contributed by atoms with Crippen LogP contribution in [0, 0.1) is 0 Å². The summed E-state index contributed by atoms with van der Waals surface area (Å²) >= 11 is 2.89. The average molecular weight is 656 g/mol. The molecule has 9 nitrogen and oxygen atoms in total. The molecule has 1 fully saturated rings. The van der Waals surface area contributed by atoms with Gasteiger partial charge in [0.1, 0.15) is 5.75 Å². The van der Waals surface area contributed by atoms with E-state index in [0.29, 0.717) is 52.7 Å². The molecule has 4 aromatic rings. The molecule has 0 radical (unpaired) electrons. The van der Waals surface area contributed by atoms with Crippen molar-refractivity contribution in [3.8, 4) is 5.75 Å². The van der Waals surface area contributed by atoms with Crippen LogP contribution in [0.4, 0.5) is 0 Å². The highest BCUT2D eigenvalue weighted by Crippen LogP contribution is 2.35. The minimum absolute atomic E-state index is 0.0532. The number of aromatic nitrogens is 1. The Kier molecular flexibility index (Phi) is 9.82. The number of amides is 1. The summed E-state index contributed by atoms with van der Waals surface area (Å²) in [6.07, 6.45) is 3.80. The Balaban J connectivity index is 1.38. The number of morpholine rings is 1. The third kappa shape index (κ3) is 6.72. The number of carbonyl (C=O) groups is 2. The van der Waals surface area contributed by atoms with Crippen molar-refractivity contribution in [3.05, 3.63) is 121 Å². The van der Waals surface area contributed by atoms with E-state index in [4.69, 9.17) is 19.2 Å². The fourth-order valence-corrected chi connectivity index (χ4v) is 6.81. The summed E-state index contributed by atoms with van der Waals surface area (Å²) in [6.45, 7) is 4.10. The summed E-state index contributed by atoms with van der Waals surface area (Å²) in [4.78, 5) is 48.4. The average Bonchev–Trinajstić information content (AvgIpc) is 3.41. The van der Waals surface area contributed by atoms with E-state index in [0.717, 1.165) is 21.6 Å². The van der Waals surface area contributed by atoms with Crippen LogP contribution in [0.1, 0.15) is 29.7 Å². The molecular formula is C35H33N3O6S2. The molecule has 1 saturated heterocycles. The Labute approximate surface area is 274 Å². The molecule has 0 bridgehead atoms. The molecule has 1 amide bonds. The van der Waals surface area contributed by atoms with Gasteiger partial charge in [0.05, 0.1) is 41.7 Å². The number of carbonyl (C=O) groups excluding carboxylic acids is 2. The molecule has 2 aliphatic rings. The van der Waals surface area contributed by atoms with Gasteiger partial charge in [-0.15, -0.1) is 11.8 Å². The van der Waals surface area contributed by atoms with Gasteiger partial charge in [-0.3, -0.25) is 14.2 Å². The quantitative estimate of drug-likeness (QED) is 0.199. The molecule has 2 aliphatic heterocycles. The topological polar surface area (TPSA) is 99.4 Å². The number of fused-ring (bicyclic) bond motifs is 1. The number of benzene rings is 3. The molecular weight excluding hydrogens is 623 g/mol. The van der Waals surface area contributed by atoms with Crippen molar-refractivity contribution < 1.29 is 23.8 Å². The fraction of sp³-hybridized carbons (Fsp3) is 0.257. The highest BCUT2D eigenvalue weighted by atomic mass is 32.2. The molecule has 0 N–H and O–H groups in total. The van der Waals surface area contributed by atoms with Gasteiger partial charge in [-0.1, -0.05) is 65.9 Å². The summed E-state index contributed by atoms with van der Waals surface area (Å²) < 4.78 is 18.6. The summed E-state index contributed by atoms with van der Waals surface area (Å²) in [5.74, 6) is -0.0373. The minimum atomic E-state index is -0.733. The molecule has 0 aliphatic carbocycles. The molecule has 1 atom stereocenters. The van der Waals surface area contributed by atoms with Crippen LogP contribution >= 0.6 is 23.1 Å². The van der Waals surface area contributed by atoms with Crippen molar-refractivity contribution in [1.29, 1.82) is 0 Å². The van der Waals surface area contributed by atoms with Gasteiger partial charge in [0.2, 0.25) is 0 Å². The molecule has 46 heavy (non-hydrogen) atoms. The van der Waals surface area contributed by atoms with E-state index in [2.05, 4.69) is 0 Å². The predicted octanol–water partition coefficient (Wildman–Crippen LogP) is 3.90. The van der Waals surface area contributed by atoms with E-state index in [1.54, 1.807) is 46.4 Å². The molecule has 0 unspecified atom stereocenters. The zero-order valence-electron chi connectivity index (χ0n) is 25.5. The van der Waals surface area contributed by atoms with Crippen molar-refractivity contribution >= 4 is 46.7 Å². The maximum absolute atomic E-state index is 14.1. The first kappa shape index (κ1) is 31.5. The van der Waals surface area contributed by atoms with Crippen molar-refractivity contribution in [2.45, 2.75) is 17.9 Å². The molecule has 1 aromatic heterocycles. The number of rotatable bonds is 9. The molecule has 3 heterocycles. The van der Waals surface area contributed by atoms with Gasteiger partial charge in [-0.2, -0.15) is 0 Å². The minimum Gasteiger partial charge on any atom is -0.484 e. The monoisotopic (exact) mass is 655 g/mol. The number of esters is 1. The predicted molar refractivity (Wildman–Crippen MR) is 179 cm³/mol. The van der Waals surface area contributed by atoms with E-state index in [1.165, 1.54) is 11.3 Å². The van der Waals surface area contributed by atoms with Crippen molar-refractivity contribution in [2.24, 2.45) is 4.99 Å². The first-order valence-electron chi connectivity index (χ1n) is 15.0. The van der Waals surface area contributed by atoms with Crippen LogP contribution in [0.25, 0.3) is 11.8 Å². The standard InChI is InChI=1S/C35H33N3O6S2/c1-3-43-34(41)30-31(24-7-5-4-6-8-24)36-35-38(32(30)25-11-15-27(45-2)16-12-25)33(40)28(46-35)21-23-9-13-26(14-10-23)44-22-29(39)37-17-19-42-20-18-37/h4-16,21,32H,3,17-20,22H2,1-2H3/b28-21+/t32-/m1/s1. The van der Waals surface area contributed by atoms with Gasteiger partial charge < -0.3 is 19.1 Å². The molecule has 6 rings (SSSR count). The summed E-state index contributed by atoms with van der Waals surface area (Å²) in [5, 5.41) is 0. The van der Waals surface area contributed by atoms with Gasteiger partial charge in [0, 0.05) is 23.5 Å². The SMILES string of the molecule is CCOC(=O)C1=C(c2ccccc2)N=c2s/c(=C/c3ccc(OCC(=O)N4CCOCC4)cc3)c(=O)n2[C@@H]1c1ccc(SC)cc1. The lowest BCUT2D eigenvalue weighted by Gasteiger charge is -2.26. The van der Waals surface area contributed by atoms with Crippen LogP contribution in [0.3, 0.4) is 0 Å². The first-order chi connectivity index (χ1) is 22.5. The highest BCUT2D eigenvalue weighted by Gasteiger charge is 2.35. The van der Waals surface area contributed by atoms with E-state index in [-0.39, 0.29) is 24.7 Å². The maximum atomic E-state index is 14.1. The Bertz CT molecular complexity index is 1930. The van der Waals surface area contributed by atoms with E-state index in [1.807, 2.05) is 73.0 Å². The lowest BCUT2D eigenvalue weighted by atomic mass is 9.93. The Morgan fingerprint density at radius 1 is 1.02 bits per heavy atom. The lowest BCUT2D eigenvalue weighted by Crippen LogP contribution is -2.42. The number of hydrogen-bond acceptors (Lipinski definition) is 9. The number of thioether (sulfide) groups is 1. The van der Waals surface area contributed by atoms with Crippen molar-refractivity contribution in [2.75, 3.05) is 45.8 Å². The summed E-state index contributed by atoms with van der Waals surface area (Å²) in [7, 11) is 0.